The second-order valence-corrected chi connectivity index (χ2v) is 22.5. The molecule has 17 nitrogen and oxygen atoms in total. The summed E-state index contributed by atoms with van der Waals surface area (Å²) in [6.07, 6.45) is -14.3. The van der Waals surface area contributed by atoms with E-state index in [0.717, 1.165) is 51.4 Å². The Bertz CT molecular complexity index is 1710. The van der Waals surface area contributed by atoms with E-state index < -0.39 is 110 Å². The second-order valence-electron chi connectivity index (χ2n) is 22.5. The van der Waals surface area contributed by atoms with Gasteiger partial charge in [0.05, 0.1) is 31.5 Å². The smallest absolute Gasteiger partial charge is 0.335 e. The first kappa shape index (κ1) is 48.1. The van der Waals surface area contributed by atoms with Crippen LogP contribution in [0.25, 0.3) is 0 Å². The van der Waals surface area contributed by atoms with E-state index in [1.807, 2.05) is 6.92 Å². The molecule has 1 unspecified atom stereocenters. The van der Waals surface area contributed by atoms with E-state index in [4.69, 9.17) is 28.4 Å². The molecule has 360 valence electrons. The summed E-state index contributed by atoms with van der Waals surface area (Å²) < 4.78 is 36.0. The maximum atomic E-state index is 12.4. The molecule has 63 heavy (non-hydrogen) atoms. The molecule has 0 aromatic carbocycles. The van der Waals surface area contributed by atoms with Gasteiger partial charge in [-0.15, -0.1) is 0 Å². The van der Waals surface area contributed by atoms with Gasteiger partial charge in [0.15, 0.2) is 25.0 Å². The third-order valence-electron chi connectivity index (χ3n) is 18.3. The monoisotopic (exact) mass is 898 g/mol. The number of hydrogen-bond donors (Lipinski definition) is 10. The number of carbonyl (C=O) groups is 1. The molecule has 0 spiro atoms. The zero-order valence-electron chi connectivity index (χ0n) is 37.7. The number of fused-ring (bicyclic) bond motifs is 7. The van der Waals surface area contributed by atoms with Crippen LogP contribution in [0, 0.1) is 50.7 Å². The Kier molecular flexibility index (Phi) is 13.0. The van der Waals surface area contributed by atoms with Crippen LogP contribution in [0.5, 0.6) is 0 Å². The number of hydrogen-bond acceptors (Lipinski definition) is 16. The summed E-state index contributed by atoms with van der Waals surface area (Å²) in [4.78, 5) is 12.4. The van der Waals surface area contributed by atoms with Crippen LogP contribution in [-0.4, -0.2) is 168 Å². The molecule has 3 aliphatic heterocycles. The number of ether oxygens (including phenoxy) is 6. The van der Waals surface area contributed by atoms with E-state index in [2.05, 4.69) is 40.7 Å². The predicted molar refractivity (Wildman–Crippen MR) is 220 cm³/mol. The van der Waals surface area contributed by atoms with E-state index in [0.29, 0.717) is 24.2 Å². The average Bonchev–Trinajstić information content (AvgIpc) is 3.22. The zero-order valence-corrected chi connectivity index (χ0v) is 37.7. The molecule has 3 heterocycles. The Hall–Kier alpha value is -1.39. The number of rotatable bonds is 8. The largest absolute Gasteiger partial charge is 0.479 e. The van der Waals surface area contributed by atoms with Crippen LogP contribution in [0.1, 0.15) is 106 Å². The first-order chi connectivity index (χ1) is 29.4. The number of carboxylic acid groups (broad SMARTS) is 1. The number of carboxylic acids is 1. The van der Waals surface area contributed by atoms with Gasteiger partial charge in [0.2, 0.25) is 0 Å². The van der Waals surface area contributed by atoms with Crippen molar-refractivity contribution in [2.45, 2.75) is 204 Å². The van der Waals surface area contributed by atoms with Crippen LogP contribution < -0.4 is 0 Å². The second kappa shape index (κ2) is 17.0. The summed E-state index contributed by atoms with van der Waals surface area (Å²) in [5.41, 5.74) is 0.316. The molecule has 8 rings (SSSR count). The highest BCUT2D eigenvalue weighted by molar-refractivity contribution is 5.73. The molecule has 4 saturated carbocycles. The van der Waals surface area contributed by atoms with Gasteiger partial charge in [0.25, 0.3) is 0 Å². The first-order valence-electron chi connectivity index (χ1n) is 23.3. The van der Waals surface area contributed by atoms with Crippen molar-refractivity contribution in [1.29, 1.82) is 0 Å². The van der Waals surface area contributed by atoms with Crippen molar-refractivity contribution in [2.75, 3.05) is 13.2 Å². The van der Waals surface area contributed by atoms with Gasteiger partial charge in [-0.2, -0.15) is 0 Å². The van der Waals surface area contributed by atoms with Crippen LogP contribution >= 0.6 is 0 Å². The maximum absolute atomic E-state index is 12.4. The van der Waals surface area contributed by atoms with Gasteiger partial charge in [-0.3, -0.25) is 0 Å². The Morgan fingerprint density at radius 2 is 1.40 bits per heavy atom. The van der Waals surface area contributed by atoms with Crippen molar-refractivity contribution < 1.29 is 84.3 Å². The highest BCUT2D eigenvalue weighted by Crippen LogP contribution is 2.71. The third kappa shape index (κ3) is 7.78. The summed E-state index contributed by atoms with van der Waals surface area (Å²) >= 11 is 0. The van der Waals surface area contributed by atoms with Crippen molar-refractivity contribution in [3.63, 3.8) is 0 Å². The lowest BCUT2D eigenvalue weighted by atomic mass is 9.37. The van der Waals surface area contributed by atoms with Crippen LogP contribution in [0.3, 0.4) is 0 Å². The lowest BCUT2D eigenvalue weighted by Gasteiger charge is -2.68. The van der Waals surface area contributed by atoms with Crippen molar-refractivity contribution in [2.24, 2.45) is 50.7 Å². The van der Waals surface area contributed by atoms with Gasteiger partial charge >= 0.3 is 5.97 Å². The minimum Gasteiger partial charge on any atom is -0.479 e. The van der Waals surface area contributed by atoms with Gasteiger partial charge in [-0.05, 0) is 105 Å². The molecule has 7 fully saturated rings. The van der Waals surface area contributed by atoms with Gasteiger partial charge in [-0.25, -0.2) is 4.79 Å². The van der Waals surface area contributed by atoms with Crippen molar-refractivity contribution >= 4 is 5.97 Å². The summed E-state index contributed by atoms with van der Waals surface area (Å²) in [5.74, 6) is -0.545. The van der Waals surface area contributed by atoms with E-state index in [1.54, 1.807) is 0 Å². The van der Waals surface area contributed by atoms with E-state index in [1.165, 1.54) is 12.5 Å². The quantitative estimate of drug-likeness (QED) is 0.120. The average molecular weight is 899 g/mol. The standard InChI is InChI=1S/C46H74O17/c1-20-29(50)31(52)34(55)39(59-20)62-36-30(51)25(48)18-58-40(36)63-37-33(54)32(53)35(38(56)57)61-41(37)60-28-12-13-44(5)22-8-9-23-24-16-42(2,3)17-27(49)45(24,6)15-14-43(23,4)21(22)10-11-26(44)46(28,7)19-47/h9,20-22,24-37,39-41,47-55H,8,10-19H2,1-7H3,(H,56,57)/t20-,21?,22-,24-,25+,26+,27+,28-,29-,30-,31+,32-,33-,34+,35-,36+,37+,39-,40-,41+,43-,44+,45+,46+/m0/s1. The molecule has 24 atom stereocenters. The van der Waals surface area contributed by atoms with Gasteiger partial charge in [0, 0.05) is 10.8 Å². The lowest BCUT2D eigenvalue weighted by molar-refractivity contribution is -0.387. The minimum absolute atomic E-state index is 0.0205. The maximum Gasteiger partial charge on any atom is 0.335 e. The normalized spacial score (nSPS) is 55.7. The number of aliphatic hydroxyl groups is 9. The fraction of sp³-hybridized carbons (Fsp3) is 0.935. The summed E-state index contributed by atoms with van der Waals surface area (Å²) in [5, 5.41) is 109. The van der Waals surface area contributed by atoms with E-state index in [-0.39, 0.29) is 40.3 Å². The Morgan fingerprint density at radius 3 is 2.08 bits per heavy atom. The Labute approximate surface area is 369 Å². The molecule has 8 aliphatic rings. The molecule has 0 aromatic heterocycles. The molecule has 0 aromatic rings. The van der Waals surface area contributed by atoms with E-state index >= 15 is 0 Å². The first-order valence-corrected chi connectivity index (χ1v) is 23.3. The predicted octanol–water partition coefficient (Wildman–Crippen LogP) is 0.954. The topological polar surface area (TPSA) is 275 Å². The van der Waals surface area contributed by atoms with Gasteiger partial charge in [0.1, 0.15) is 54.9 Å². The van der Waals surface area contributed by atoms with Crippen molar-refractivity contribution in [3.05, 3.63) is 11.6 Å². The van der Waals surface area contributed by atoms with E-state index in [9.17, 15) is 55.9 Å². The van der Waals surface area contributed by atoms with Gasteiger partial charge < -0.3 is 79.5 Å². The molecular formula is C46H74O17. The summed E-state index contributed by atoms with van der Waals surface area (Å²) in [6.45, 7) is 14.3. The number of aliphatic carboxylic acids is 1. The molecule has 0 amide bonds. The van der Waals surface area contributed by atoms with Crippen molar-refractivity contribution in [1.82, 2.24) is 0 Å². The minimum atomic E-state index is -2.01. The van der Waals surface area contributed by atoms with Crippen LogP contribution in [0.15, 0.2) is 11.6 Å². The SMILES string of the molecule is C[C@@H]1O[C@@H](O[C@H]2[C@H](O[C@H]3[C@H](O[C@H]4CC[C@@]5(C)[C@@H](CCC6[C@@H]5CC=C5[C@@H]7CC(C)(C)C[C@@H](O)[C@]7(C)CC[C@]56C)[C@@]4(C)CO)O[C@H](C(=O)O)[C@@H](O)[C@@H]3O)OC[C@@H](O)[C@@H]2O)[C@H](O)[C@H](O)[C@H]1O. The molecule has 3 saturated heterocycles. The Morgan fingerprint density at radius 1 is 0.714 bits per heavy atom. The fourth-order valence-electron chi connectivity index (χ4n) is 14.4. The van der Waals surface area contributed by atoms with Gasteiger partial charge in [-0.1, -0.05) is 53.2 Å². The Balaban J connectivity index is 1.05. The number of aliphatic hydroxyl groups excluding tert-OH is 9. The summed E-state index contributed by atoms with van der Waals surface area (Å²) in [6, 6.07) is 0. The molecule has 17 heteroatoms. The zero-order chi connectivity index (χ0) is 45.9. The highest BCUT2D eigenvalue weighted by Gasteiger charge is 2.66. The van der Waals surface area contributed by atoms with Crippen molar-refractivity contribution in [3.8, 4) is 0 Å². The number of allylic oxidation sites excluding steroid dienone is 2. The highest BCUT2D eigenvalue weighted by atomic mass is 16.8. The molecule has 0 radical (unpaired) electrons. The molecule has 0 bridgehead atoms. The fourth-order valence-corrected chi connectivity index (χ4v) is 14.4. The van der Waals surface area contributed by atoms with Crippen LogP contribution in [0.2, 0.25) is 0 Å². The van der Waals surface area contributed by atoms with Crippen LogP contribution in [-0.2, 0) is 33.2 Å². The van der Waals surface area contributed by atoms with Crippen LogP contribution in [0.4, 0.5) is 0 Å². The lowest BCUT2D eigenvalue weighted by Crippen LogP contribution is -2.67. The molecule has 5 aliphatic carbocycles. The third-order valence-corrected chi connectivity index (χ3v) is 18.3. The summed E-state index contributed by atoms with van der Waals surface area (Å²) in [7, 11) is 0. The molecular weight excluding hydrogens is 824 g/mol. The molecule has 10 N–H and O–H groups in total.